The van der Waals surface area contributed by atoms with E-state index >= 15 is 0 Å². The van der Waals surface area contributed by atoms with Crippen LogP contribution in [0.15, 0.2) is 16.1 Å². The monoisotopic (exact) mass is 590 g/mol. The SMILES string of the molecule is CC[C@H](CC[C@H](CC(=O)CCC1CCC(O)C(OC)C1)OC(C)=O)CC1=C(C[C@H](CCO)C2CCNC(N)C2)[CH+]N=C1. The van der Waals surface area contributed by atoms with Gasteiger partial charge in [0.2, 0.25) is 0 Å². The molecule has 0 aromatic rings. The lowest BCUT2D eigenvalue weighted by molar-refractivity contribution is -0.148. The summed E-state index contributed by atoms with van der Waals surface area (Å²) in [7, 11) is 1.63. The van der Waals surface area contributed by atoms with Crippen LogP contribution in [0.1, 0.15) is 104 Å². The molecule has 8 atom stereocenters. The van der Waals surface area contributed by atoms with Crippen LogP contribution < -0.4 is 11.1 Å². The van der Waals surface area contributed by atoms with E-state index in [2.05, 4.69) is 17.2 Å². The number of nitrogens with one attached hydrogen (secondary N) is 1. The summed E-state index contributed by atoms with van der Waals surface area (Å²) in [6.07, 6.45) is 12.0. The number of nitrogens with zero attached hydrogens (tertiary/aromatic N) is 1. The van der Waals surface area contributed by atoms with Gasteiger partial charge < -0.3 is 30.7 Å². The van der Waals surface area contributed by atoms with Gasteiger partial charge in [0, 0.05) is 46.3 Å². The van der Waals surface area contributed by atoms with Gasteiger partial charge in [-0.1, -0.05) is 13.3 Å². The fraction of sp³-hybridized carbons (Fsp3) is 0.818. The largest absolute Gasteiger partial charge is 0.462 e. The summed E-state index contributed by atoms with van der Waals surface area (Å²) in [4.78, 5) is 29.3. The zero-order valence-electron chi connectivity index (χ0n) is 26.1. The Bertz CT molecular complexity index is 908. The normalized spacial score (nSPS) is 28.3. The topological polar surface area (TPSA) is 143 Å². The van der Waals surface area contributed by atoms with Crippen molar-refractivity contribution in [3.63, 3.8) is 0 Å². The maximum atomic E-state index is 12.9. The second-order valence-corrected chi connectivity index (χ2v) is 12.9. The summed E-state index contributed by atoms with van der Waals surface area (Å²) in [5.74, 6) is 1.42. The summed E-state index contributed by atoms with van der Waals surface area (Å²) in [5.41, 5.74) is 8.70. The molecular formula is C33H56N3O6+. The highest BCUT2D eigenvalue weighted by Gasteiger charge is 2.33. The standard InChI is InChI=1S/C33H56N3O6/c1-4-23(15-27-20-35-21-28(27)17-26(12-14-37)25-11-13-36-33(34)18-25)6-9-30(42-22(2)38)19-29(39)8-5-24-7-10-31(40)32(16-24)41-3/h20-21,23-26,30-33,36-37,40H,4-19,34H2,1-3H3/q+1/t23-,24?,25?,26+,30-,31?,32?,33?/m1/s1. The zero-order valence-corrected chi connectivity index (χ0v) is 26.1. The van der Waals surface area contributed by atoms with Crippen LogP contribution >= 0.6 is 0 Å². The average molecular weight is 591 g/mol. The van der Waals surface area contributed by atoms with Crippen LogP contribution in [-0.2, 0) is 19.1 Å². The van der Waals surface area contributed by atoms with E-state index in [-0.39, 0.29) is 37.0 Å². The van der Waals surface area contributed by atoms with Crippen molar-refractivity contribution < 1.29 is 29.3 Å². The third-order valence-electron chi connectivity index (χ3n) is 9.77. The van der Waals surface area contributed by atoms with E-state index in [9.17, 15) is 19.8 Å². The number of allylic oxidation sites excluding steroid dienone is 1. The molecule has 42 heavy (non-hydrogen) atoms. The Hall–Kier alpha value is -1.78. The molecule has 238 valence electrons. The zero-order chi connectivity index (χ0) is 30.5. The van der Waals surface area contributed by atoms with Gasteiger partial charge in [0.15, 0.2) is 6.21 Å². The quantitative estimate of drug-likeness (QED) is 0.137. The van der Waals surface area contributed by atoms with Crippen molar-refractivity contribution in [2.45, 2.75) is 128 Å². The minimum atomic E-state index is -0.419. The molecule has 1 saturated carbocycles. The van der Waals surface area contributed by atoms with Gasteiger partial charge >= 0.3 is 5.97 Å². The molecule has 0 aromatic carbocycles. The molecule has 3 rings (SSSR count). The smallest absolute Gasteiger partial charge is 0.302 e. The second kappa shape index (κ2) is 18.1. The fourth-order valence-corrected chi connectivity index (χ4v) is 7.17. The van der Waals surface area contributed by atoms with E-state index in [1.165, 1.54) is 18.1 Å². The Kier molecular flexibility index (Phi) is 15.0. The minimum absolute atomic E-state index is 0.0213. The predicted octanol–water partition coefficient (Wildman–Crippen LogP) is 4.25. The van der Waals surface area contributed by atoms with Crippen LogP contribution in [-0.4, -0.2) is 72.9 Å². The molecule has 0 radical (unpaired) electrons. The first-order valence-electron chi connectivity index (χ1n) is 16.3. The number of ketones is 1. The molecule has 9 nitrogen and oxygen atoms in total. The van der Waals surface area contributed by atoms with Gasteiger partial charge in [-0.25, -0.2) is 0 Å². The number of aliphatic hydroxyl groups excluding tert-OH is 2. The van der Waals surface area contributed by atoms with Crippen molar-refractivity contribution in [3.8, 4) is 0 Å². The van der Waals surface area contributed by atoms with Crippen LogP contribution in [0, 0.1) is 30.2 Å². The molecule has 0 spiro atoms. The van der Waals surface area contributed by atoms with Gasteiger partial charge in [0.1, 0.15) is 24.0 Å². The summed E-state index contributed by atoms with van der Waals surface area (Å²) < 4.78 is 11.0. The van der Waals surface area contributed by atoms with Crippen LogP contribution in [0.3, 0.4) is 0 Å². The number of methoxy groups -OCH3 is 1. The summed E-state index contributed by atoms with van der Waals surface area (Å²) >= 11 is 0. The first-order chi connectivity index (χ1) is 20.2. The number of aliphatic imine (C=N–C) groups is 1. The van der Waals surface area contributed by atoms with E-state index in [1.54, 1.807) is 7.11 Å². The summed E-state index contributed by atoms with van der Waals surface area (Å²) in [6.45, 7) is 6.68. The Labute approximate surface area is 253 Å². The molecular weight excluding hydrogens is 534 g/mol. The lowest BCUT2D eigenvalue weighted by Gasteiger charge is -2.33. The molecule has 2 aliphatic heterocycles. The molecule has 0 aromatic heterocycles. The minimum Gasteiger partial charge on any atom is -0.462 e. The second-order valence-electron chi connectivity index (χ2n) is 12.9. The Morgan fingerprint density at radius 1 is 1.19 bits per heavy atom. The van der Waals surface area contributed by atoms with Gasteiger partial charge in [-0.05, 0) is 88.0 Å². The fourth-order valence-electron chi connectivity index (χ4n) is 7.17. The van der Waals surface area contributed by atoms with Crippen molar-refractivity contribution in [2.75, 3.05) is 20.3 Å². The van der Waals surface area contributed by atoms with Crippen molar-refractivity contribution >= 4 is 18.0 Å². The highest BCUT2D eigenvalue weighted by atomic mass is 16.5. The number of nitrogens with two attached hydrogens (primary N) is 1. The third kappa shape index (κ3) is 11.4. The van der Waals surface area contributed by atoms with E-state index in [1.807, 2.05) is 12.8 Å². The molecule has 2 heterocycles. The van der Waals surface area contributed by atoms with Gasteiger partial charge in [-0.3, -0.25) is 9.59 Å². The number of esters is 1. The molecule has 1 saturated heterocycles. The third-order valence-corrected chi connectivity index (χ3v) is 9.77. The van der Waals surface area contributed by atoms with Crippen LogP contribution in [0.25, 0.3) is 0 Å². The van der Waals surface area contributed by atoms with Crippen molar-refractivity contribution in [2.24, 2.45) is 34.4 Å². The van der Waals surface area contributed by atoms with Gasteiger partial charge in [-0.2, -0.15) is 0 Å². The highest BCUT2D eigenvalue weighted by Crippen LogP contribution is 2.36. The van der Waals surface area contributed by atoms with Gasteiger partial charge in [0.05, 0.1) is 23.9 Å². The summed E-state index contributed by atoms with van der Waals surface area (Å²) in [5, 5.41) is 23.1. The van der Waals surface area contributed by atoms with Crippen molar-refractivity contribution in [3.05, 3.63) is 17.7 Å². The Morgan fingerprint density at radius 2 is 2.00 bits per heavy atom. The lowest BCUT2D eigenvalue weighted by Crippen LogP contribution is -2.45. The van der Waals surface area contributed by atoms with E-state index in [0.29, 0.717) is 42.9 Å². The maximum Gasteiger partial charge on any atom is 0.302 e. The first-order valence-corrected chi connectivity index (χ1v) is 16.3. The Morgan fingerprint density at radius 3 is 2.69 bits per heavy atom. The van der Waals surface area contributed by atoms with Gasteiger partial charge in [0.25, 0.3) is 0 Å². The molecule has 5 unspecified atom stereocenters. The summed E-state index contributed by atoms with van der Waals surface area (Å²) in [6, 6.07) is 0. The number of carbonyl (C=O) groups excluding carboxylic acids is 2. The number of rotatable bonds is 18. The Balaban J connectivity index is 1.52. The molecule has 2 fully saturated rings. The van der Waals surface area contributed by atoms with Crippen molar-refractivity contribution in [1.29, 1.82) is 0 Å². The first kappa shape index (κ1) is 34.7. The molecule has 9 heteroatoms. The number of hydrogen-bond acceptors (Lipinski definition) is 9. The van der Waals surface area contributed by atoms with Crippen LogP contribution in [0.4, 0.5) is 0 Å². The molecule has 1 aliphatic carbocycles. The predicted molar refractivity (Wildman–Crippen MR) is 165 cm³/mol. The van der Waals surface area contributed by atoms with E-state index in [0.717, 1.165) is 70.8 Å². The average Bonchev–Trinajstić information content (AvgIpc) is 3.40. The van der Waals surface area contributed by atoms with E-state index in [4.69, 9.17) is 15.2 Å². The van der Waals surface area contributed by atoms with Crippen LogP contribution in [0.5, 0.6) is 0 Å². The number of hydrogen-bond donors (Lipinski definition) is 4. The number of aliphatic hydroxyl groups is 2. The number of Topliss-reactive ketones (excluding diaryl/α,β-unsaturated/α-hetero) is 1. The lowest BCUT2D eigenvalue weighted by atomic mass is 9.77. The van der Waals surface area contributed by atoms with E-state index < -0.39 is 12.2 Å². The highest BCUT2D eigenvalue weighted by molar-refractivity contribution is 5.84. The molecule has 5 N–H and O–H groups in total. The molecule has 3 aliphatic rings. The number of carbonyl (C=O) groups is 2. The van der Waals surface area contributed by atoms with Gasteiger partial charge in [-0.15, -0.1) is 4.99 Å². The number of ether oxygens (including phenoxy) is 2. The maximum absolute atomic E-state index is 12.9. The van der Waals surface area contributed by atoms with Crippen molar-refractivity contribution in [1.82, 2.24) is 5.32 Å². The molecule has 0 amide bonds. The van der Waals surface area contributed by atoms with Crippen LogP contribution in [0.2, 0.25) is 0 Å². The molecule has 0 bridgehead atoms. The number of piperidine rings is 1.